The van der Waals surface area contributed by atoms with Crippen molar-refractivity contribution in [2.75, 3.05) is 11.5 Å². The third-order valence-corrected chi connectivity index (χ3v) is 2.16. The van der Waals surface area contributed by atoms with E-state index in [4.69, 9.17) is 11.5 Å². The predicted octanol–water partition coefficient (Wildman–Crippen LogP) is 1.55. The topological polar surface area (TPSA) is 80.7 Å². The number of hydrogen-bond donors (Lipinski definition) is 3. The summed E-state index contributed by atoms with van der Waals surface area (Å²) in [7, 11) is 0. The summed E-state index contributed by atoms with van der Waals surface area (Å²) < 4.78 is 0. The Hall–Kier alpha value is -1.97. The highest BCUT2D eigenvalue weighted by Crippen LogP contribution is 2.27. The molecule has 4 nitrogen and oxygen atoms in total. The average Bonchev–Trinajstić information content (AvgIpc) is 2.50. The Morgan fingerprint density at radius 3 is 2.29 bits per heavy atom. The standard InChI is InChI=1S/C10H12N4/c1-6-2-4-7(5-3-6)9-8(11)10(12)14-13-9/h2-5H,11H2,1H3,(H3,12,13,14). The molecular weight excluding hydrogens is 176 g/mol. The van der Waals surface area contributed by atoms with Crippen LogP contribution >= 0.6 is 0 Å². The molecule has 0 saturated carbocycles. The van der Waals surface area contributed by atoms with Crippen LogP contribution in [0.15, 0.2) is 24.3 Å². The van der Waals surface area contributed by atoms with Gasteiger partial charge in [-0.05, 0) is 6.92 Å². The van der Waals surface area contributed by atoms with Gasteiger partial charge >= 0.3 is 0 Å². The number of anilines is 2. The molecule has 1 aromatic heterocycles. The van der Waals surface area contributed by atoms with Crippen molar-refractivity contribution in [2.45, 2.75) is 6.92 Å². The number of nitrogens with one attached hydrogen (secondary N) is 1. The molecule has 0 atom stereocenters. The summed E-state index contributed by atoms with van der Waals surface area (Å²) in [6.45, 7) is 2.03. The number of H-pyrrole nitrogens is 1. The van der Waals surface area contributed by atoms with E-state index in [1.807, 2.05) is 31.2 Å². The summed E-state index contributed by atoms with van der Waals surface area (Å²) in [6, 6.07) is 7.97. The van der Waals surface area contributed by atoms with Gasteiger partial charge in [0.2, 0.25) is 0 Å². The van der Waals surface area contributed by atoms with Gasteiger partial charge in [-0.15, -0.1) is 0 Å². The second-order valence-corrected chi connectivity index (χ2v) is 3.27. The predicted molar refractivity (Wildman–Crippen MR) is 57.6 cm³/mol. The first-order valence-electron chi connectivity index (χ1n) is 4.35. The van der Waals surface area contributed by atoms with Gasteiger partial charge in [-0.1, -0.05) is 29.8 Å². The number of hydrogen-bond acceptors (Lipinski definition) is 3. The smallest absolute Gasteiger partial charge is 0.143 e. The molecule has 14 heavy (non-hydrogen) atoms. The maximum Gasteiger partial charge on any atom is 0.143 e. The zero-order chi connectivity index (χ0) is 10.1. The molecule has 5 N–H and O–H groups in total. The van der Waals surface area contributed by atoms with E-state index in [0.29, 0.717) is 17.2 Å². The number of nitrogen functional groups attached to an aromatic ring is 2. The van der Waals surface area contributed by atoms with E-state index in [1.54, 1.807) is 0 Å². The van der Waals surface area contributed by atoms with Crippen LogP contribution in [0.1, 0.15) is 5.56 Å². The van der Waals surface area contributed by atoms with E-state index in [2.05, 4.69) is 10.2 Å². The van der Waals surface area contributed by atoms with Gasteiger partial charge < -0.3 is 11.5 Å². The molecule has 0 saturated heterocycles. The van der Waals surface area contributed by atoms with Crippen LogP contribution in [0, 0.1) is 6.92 Å². The molecule has 1 heterocycles. The SMILES string of the molecule is Cc1ccc(-c2n[nH]c(N)c2N)cc1. The molecule has 0 spiro atoms. The summed E-state index contributed by atoms with van der Waals surface area (Å²) in [5, 5.41) is 6.69. The normalized spacial score (nSPS) is 10.4. The molecule has 0 aliphatic heterocycles. The quantitative estimate of drug-likeness (QED) is 0.635. The van der Waals surface area contributed by atoms with Crippen molar-refractivity contribution in [3.63, 3.8) is 0 Å². The van der Waals surface area contributed by atoms with Crippen LogP contribution in [0.2, 0.25) is 0 Å². The van der Waals surface area contributed by atoms with Crippen LogP contribution in [-0.4, -0.2) is 10.2 Å². The first kappa shape index (κ1) is 8.62. The summed E-state index contributed by atoms with van der Waals surface area (Å²) >= 11 is 0. The molecule has 0 aliphatic carbocycles. The Balaban J connectivity index is 2.49. The van der Waals surface area contributed by atoms with Crippen molar-refractivity contribution < 1.29 is 0 Å². The molecular formula is C10H12N4. The van der Waals surface area contributed by atoms with Crippen LogP contribution in [-0.2, 0) is 0 Å². The minimum Gasteiger partial charge on any atom is -0.394 e. The van der Waals surface area contributed by atoms with E-state index >= 15 is 0 Å². The van der Waals surface area contributed by atoms with Crippen LogP contribution < -0.4 is 11.5 Å². The number of aromatic nitrogens is 2. The highest BCUT2D eigenvalue weighted by molar-refractivity contribution is 5.79. The fourth-order valence-corrected chi connectivity index (χ4v) is 1.30. The van der Waals surface area contributed by atoms with Gasteiger partial charge in [0.15, 0.2) is 0 Å². The lowest BCUT2D eigenvalue weighted by molar-refractivity contribution is 1.10. The highest BCUT2D eigenvalue weighted by atomic mass is 15.2. The van der Waals surface area contributed by atoms with Crippen molar-refractivity contribution in [1.29, 1.82) is 0 Å². The van der Waals surface area contributed by atoms with Crippen LogP contribution in [0.5, 0.6) is 0 Å². The monoisotopic (exact) mass is 188 g/mol. The number of aryl methyl sites for hydroxylation is 1. The minimum absolute atomic E-state index is 0.417. The molecule has 1 aromatic carbocycles. The lowest BCUT2D eigenvalue weighted by atomic mass is 10.1. The molecule has 2 aromatic rings. The van der Waals surface area contributed by atoms with Crippen molar-refractivity contribution in [1.82, 2.24) is 10.2 Å². The van der Waals surface area contributed by atoms with E-state index < -0.39 is 0 Å². The van der Waals surface area contributed by atoms with Gasteiger partial charge in [0.05, 0.1) is 0 Å². The molecule has 0 radical (unpaired) electrons. The number of nitrogens with two attached hydrogens (primary N) is 2. The molecule has 0 aliphatic rings. The molecule has 4 heteroatoms. The maximum absolute atomic E-state index is 5.75. The van der Waals surface area contributed by atoms with Gasteiger partial charge in [0.25, 0.3) is 0 Å². The zero-order valence-corrected chi connectivity index (χ0v) is 7.91. The maximum atomic E-state index is 5.75. The van der Waals surface area contributed by atoms with Crippen LogP contribution in [0.3, 0.4) is 0 Å². The number of rotatable bonds is 1. The minimum atomic E-state index is 0.417. The highest BCUT2D eigenvalue weighted by Gasteiger charge is 2.08. The van der Waals surface area contributed by atoms with Crippen molar-refractivity contribution >= 4 is 11.5 Å². The molecule has 2 rings (SSSR count). The first-order chi connectivity index (χ1) is 6.68. The number of aromatic amines is 1. The number of benzene rings is 1. The Bertz CT molecular complexity index is 442. The van der Waals surface area contributed by atoms with Crippen LogP contribution in [0.25, 0.3) is 11.3 Å². The summed E-state index contributed by atoms with van der Waals surface area (Å²) in [5.74, 6) is 0.417. The Morgan fingerprint density at radius 1 is 1.14 bits per heavy atom. The second-order valence-electron chi connectivity index (χ2n) is 3.27. The van der Waals surface area contributed by atoms with Crippen molar-refractivity contribution in [3.05, 3.63) is 29.8 Å². The van der Waals surface area contributed by atoms with Gasteiger partial charge in [-0.3, -0.25) is 5.10 Å². The van der Waals surface area contributed by atoms with Gasteiger partial charge in [0, 0.05) is 5.56 Å². The van der Waals surface area contributed by atoms with E-state index in [0.717, 1.165) is 5.56 Å². The molecule has 0 amide bonds. The average molecular weight is 188 g/mol. The first-order valence-corrected chi connectivity index (χ1v) is 4.35. The molecule has 0 bridgehead atoms. The fourth-order valence-electron chi connectivity index (χ4n) is 1.30. The van der Waals surface area contributed by atoms with Crippen LogP contribution in [0.4, 0.5) is 11.5 Å². The van der Waals surface area contributed by atoms with E-state index in [9.17, 15) is 0 Å². The number of nitrogens with zero attached hydrogens (tertiary/aromatic N) is 1. The second kappa shape index (κ2) is 3.06. The fraction of sp³-hybridized carbons (Fsp3) is 0.100. The molecule has 72 valence electrons. The zero-order valence-electron chi connectivity index (χ0n) is 7.91. The summed E-state index contributed by atoms with van der Waals surface area (Å²) in [6.07, 6.45) is 0. The third-order valence-electron chi connectivity index (χ3n) is 2.16. The van der Waals surface area contributed by atoms with Gasteiger partial charge in [-0.2, -0.15) is 5.10 Å². The summed E-state index contributed by atoms with van der Waals surface area (Å²) in [5.41, 5.74) is 14.7. The van der Waals surface area contributed by atoms with Crippen molar-refractivity contribution in [3.8, 4) is 11.3 Å². The van der Waals surface area contributed by atoms with Gasteiger partial charge in [0.1, 0.15) is 17.2 Å². The van der Waals surface area contributed by atoms with E-state index in [-0.39, 0.29) is 0 Å². The lowest BCUT2D eigenvalue weighted by Crippen LogP contribution is -1.92. The Kier molecular flexibility index (Phi) is 1.89. The van der Waals surface area contributed by atoms with Gasteiger partial charge in [-0.25, -0.2) is 0 Å². The Morgan fingerprint density at radius 2 is 1.79 bits per heavy atom. The molecule has 0 fully saturated rings. The Labute approximate surface area is 81.9 Å². The van der Waals surface area contributed by atoms with Crippen molar-refractivity contribution in [2.24, 2.45) is 0 Å². The summed E-state index contributed by atoms with van der Waals surface area (Å²) in [4.78, 5) is 0. The largest absolute Gasteiger partial charge is 0.394 e. The third kappa shape index (κ3) is 1.31. The lowest BCUT2D eigenvalue weighted by Gasteiger charge is -1.98. The molecule has 0 unspecified atom stereocenters. The van der Waals surface area contributed by atoms with E-state index in [1.165, 1.54) is 5.56 Å².